The van der Waals surface area contributed by atoms with Gasteiger partial charge in [0.2, 0.25) is 0 Å². The Balaban J connectivity index is 1.46. The molecular formula is C22H24N8O2S. The summed E-state index contributed by atoms with van der Waals surface area (Å²) >= 11 is 1.48. The molecule has 2 aliphatic rings. The standard InChI is InChI=1S/C22H24N8O2S/c1-28-2-4-30(5-3-28)22(31)18-10-16-19(33-18)21(29-6-8-32-9-7-29)26-20(25-16)15-11-23-13-17-14(15)12-24-27-17/h10-13H,2-9H2,1H3,(H,24,27). The zero-order valence-corrected chi connectivity index (χ0v) is 19.1. The van der Waals surface area contributed by atoms with Crippen molar-refractivity contribution in [2.45, 2.75) is 0 Å². The molecule has 170 valence electrons. The Hall–Kier alpha value is -3.15. The monoisotopic (exact) mass is 464 g/mol. The van der Waals surface area contributed by atoms with Crippen LogP contribution in [0.5, 0.6) is 0 Å². The Morgan fingerprint density at radius 2 is 1.88 bits per heavy atom. The summed E-state index contributed by atoms with van der Waals surface area (Å²) in [6.07, 6.45) is 5.28. The number of pyridine rings is 1. The van der Waals surface area contributed by atoms with Crippen LogP contribution in [0.2, 0.25) is 0 Å². The van der Waals surface area contributed by atoms with Crippen molar-refractivity contribution in [2.24, 2.45) is 0 Å². The van der Waals surface area contributed by atoms with Crippen LogP contribution in [0.25, 0.3) is 32.5 Å². The van der Waals surface area contributed by atoms with Gasteiger partial charge in [-0.1, -0.05) is 0 Å². The summed E-state index contributed by atoms with van der Waals surface area (Å²) in [6.45, 7) is 6.06. The molecule has 0 aliphatic carbocycles. The third-order valence-corrected chi connectivity index (χ3v) is 7.38. The summed E-state index contributed by atoms with van der Waals surface area (Å²) in [7, 11) is 2.09. The lowest BCUT2D eigenvalue weighted by Gasteiger charge is -2.32. The van der Waals surface area contributed by atoms with Crippen LogP contribution in [0.15, 0.2) is 24.7 Å². The van der Waals surface area contributed by atoms with Gasteiger partial charge in [0, 0.05) is 56.4 Å². The minimum atomic E-state index is 0.0687. The summed E-state index contributed by atoms with van der Waals surface area (Å²) in [5.74, 6) is 1.50. The SMILES string of the molecule is CN1CCN(C(=O)c2cc3nc(-c4cncc5[nH]ncc45)nc(N4CCOCC4)c3s2)CC1. The van der Waals surface area contributed by atoms with E-state index in [0.717, 1.165) is 71.8 Å². The van der Waals surface area contributed by atoms with E-state index in [9.17, 15) is 4.79 Å². The molecule has 6 heterocycles. The van der Waals surface area contributed by atoms with E-state index in [0.29, 0.717) is 23.9 Å². The molecule has 0 spiro atoms. The van der Waals surface area contributed by atoms with Gasteiger partial charge < -0.3 is 19.4 Å². The molecule has 0 aromatic carbocycles. The molecule has 0 bridgehead atoms. The first-order chi connectivity index (χ1) is 16.2. The number of anilines is 1. The van der Waals surface area contributed by atoms with E-state index in [1.807, 2.05) is 11.0 Å². The second kappa shape index (κ2) is 8.32. The summed E-state index contributed by atoms with van der Waals surface area (Å²) in [6, 6.07) is 1.92. The second-order valence-electron chi connectivity index (χ2n) is 8.41. The van der Waals surface area contributed by atoms with E-state index in [1.54, 1.807) is 18.6 Å². The number of ether oxygens (including phenoxy) is 1. The van der Waals surface area contributed by atoms with Gasteiger partial charge in [-0.2, -0.15) is 5.10 Å². The lowest BCUT2D eigenvalue weighted by molar-refractivity contribution is 0.0669. The van der Waals surface area contributed by atoms with E-state index < -0.39 is 0 Å². The number of likely N-dealkylation sites (N-methyl/N-ethyl adjacent to an activating group) is 1. The van der Waals surface area contributed by atoms with Gasteiger partial charge >= 0.3 is 0 Å². The minimum absolute atomic E-state index is 0.0687. The maximum atomic E-state index is 13.3. The van der Waals surface area contributed by atoms with Crippen LogP contribution in [-0.4, -0.2) is 100 Å². The lowest BCUT2D eigenvalue weighted by atomic mass is 10.2. The Morgan fingerprint density at radius 3 is 2.70 bits per heavy atom. The number of H-pyrrole nitrogens is 1. The molecule has 10 nitrogen and oxygen atoms in total. The van der Waals surface area contributed by atoms with Crippen molar-refractivity contribution in [1.82, 2.24) is 34.9 Å². The molecule has 0 saturated carbocycles. The molecule has 0 atom stereocenters. The second-order valence-corrected chi connectivity index (χ2v) is 9.46. The molecule has 0 unspecified atom stereocenters. The molecule has 1 N–H and O–H groups in total. The lowest BCUT2D eigenvalue weighted by Crippen LogP contribution is -2.46. The van der Waals surface area contributed by atoms with Crippen LogP contribution in [0.4, 0.5) is 5.82 Å². The highest BCUT2D eigenvalue weighted by molar-refractivity contribution is 7.21. The molecule has 4 aromatic rings. The smallest absolute Gasteiger partial charge is 0.264 e. The van der Waals surface area contributed by atoms with E-state index in [-0.39, 0.29) is 5.91 Å². The van der Waals surface area contributed by atoms with Crippen molar-refractivity contribution >= 4 is 44.2 Å². The quantitative estimate of drug-likeness (QED) is 0.490. The fourth-order valence-corrected chi connectivity index (χ4v) is 5.42. The molecule has 4 aromatic heterocycles. The number of amides is 1. The van der Waals surface area contributed by atoms with Crippen LogP contribution in [0, 0.1) is 0 Å². The summed E-state index contributed by atoms with van der Waals surface area (Å²) in [5, 5.41) is 8.02. The average molecular weight is 465 g/mol. The Morgan fingerprint density at radius 1 is 1.06 bits per heavy atom. The van der Waals surface area contributed by atoms with Gasteiger partial charge in [0.1, 0.15) is 0 Å². The van der Waals surface area contributed by atoms with Crippen molar-refractivity contribution in [3.63, 3.8) is 0 Å². The highest BCUT2D eigenvalue weighted by atomic mass is 32.1. The van der Waals surface area contributed by atoms with Crippen LogP contribution in [0.3, 0.4) is 0 Å². The van der Waals surface area contributed by atoms with Crippen molar-refractivity contribution in [3.8, 4) is 11.4 Å². The molecule has 0 radical (unpaired) electrons. The van der Waals surface area contributed by atoms with E-state index in [2.05, 4.69) is 32.0 Å². The van der Waals surface area contributed by atoms with Crippen molar-refractivity contribution < 1.29 is 9.53 Å². The number of fused-ring (bicyclic) bond motifs is 2. The van der Waals surface area contributed by atoms with Crippen molar-refractivity contribution in [3.05, 3.63) is 29.5 Å². The first-order valence-electron chi connectivity index (χ1n) is 11.1. The van der Waals surface area contributed by atoms with Crippen LogP contribution in [-0.2, 0) is 4.74 Å². The molecule has 2 fully saturated rings. The maximum absolute atomic E-state index is 13.3. The molecule has 33 heavy (non-hydrogen) atoms. The number of carbonyl (C=O) groups is 1. The molecular weight excluding hydrogens is 440 g/mol. The highest BCUT2D eigenvalue weighted by Gasteiger charge is 2.26. The Labute approximate surface area is 194 Å². The normalized spacial score (nSPS) is 17.8. The first kappa shape index (κ1) is 20.5. The Bertz CT molecular complexity index is 1320. The predicted molar refractivity (Wildman–Crippen MR) is 127 cm³/mol. The maximum Gasteiger partial charge on any atom is 0.264 e. The number of carbonyl (C=O) groups excluding carboxylic acids is 1. The molecule has 2 aliphatic heterocycles. The van der Waals surface area contributed by atoms with E-state index in [1.165, 1.54) is 11.3 Å². The van der Waals surface area contributed by atoms with Crippen LogP contribution in [0.1, 0.15) is 9.67 Å². The summed E-state index contributed by atoms with van der Waals surface area (Å²) in [4.78, 5) is 34.6. The molecule has 11 heteroatoms. The first-order valence-corrected chi connectivity index (χ1v) is 11.9. The van der Waals surface area contributed by atoms with Gasteiger partial charge in [-0.3, -0.25) is 14.9 Å². The largest absolute Gasteiger partial charge is 0.378 e. The third kappa shape index (κ3) is 3.71. The minimum Gasteiger partial charge on any atom is -0.378 e. The highest BCUT2D eigenvalue weighted by Crippen LogP contribution is 2.36. The van der Waals surface area contributed by atoms with Gasteiger partial charge in [-0.05, 0) is 13.1 Å². The number of morpholine rings is 1. The summed E-state index contributed by atoms with van der Waals surface area (Å²) in [5.41, 5.74) is 2.43. The van der Waals surface area contributed by atoms with Gasteiger partial charge in [0.05, 0.1) is 46.2 Å². The number of hydrogen-bond acceptors (Lipinski definition) is 9. The number of thiophene rings is 1. The predicted octanol–water partition coefficient (Wildman–Crippen LogP) is 1.85. The number of hydrogen-bond donors (Lipinski definition) is 1. The summed E-state index contributed by atoms with van der Waals surface area (Å²) < 4.78 is 6.49. The van der Waals surface area contributed by atoms with Crippen LogP contribution < -0.4 is 4.90 Å². The zero-order chi connectivity index (χ0) is 22.4. The fourth-order valence-electron chi connectivity index (χ4n) is 4.34. The van der Waals surface area contributed by atoms with Crippen molar-refractivity contribution in [1.29, 1.82) is 0 Å². The molecule has 2 saturated heterocycles. The van der Waals surface area contributed by atoms with Gasteiger partial charge in [0.25, 0.3) is 5.91 Å². The van der Waals surface area contributed by atoms with Gasteiger partial charge in [0.15, 0.2) is 11.6 Å². The van der Waals surface area contributed by atoms with Gasteiger partial charge in [-0.25, -0.2) is 9.97 Å². The average Bonchev–Trinajstić information content (AvgIpc) is 3.51. The van der Waals surface area contributed by atoms with Crippen molar-refractivity contribution in [2.75, 3.05) is 64.4 Å². The van der Waals surface area contributed by atoms with E-state index in [4.69, 9.17) is 14.7 Å². The number of aromatic nitrogens is 5. The number of piperazine rings is 1. The molecule has 6 rings (SSSR count). The number of rotatable bonds is 3. The number of nitrogens with zero attached hydrogens (tertiary/aromatic N) is 7. The topological polar surface area (TPSA) is 103 Å². The molecule has 1 amide bonds. The van der Waals surface area contributed by atoms with Crippen LogP contribution >= 0.6 is 11.3 Å². The van der Waals surface area contributed by atoms with E-state index >= 15 is 0 Å². The fraction of sp³-hybridized carbons (Fsp3) is 0.409. The zero-order valence-electron chi connectivity index (χ0n) is 18.3. The Kier molecular flexibility index (Phi) is 5.16. The number of nitrogens with one attached hydrogen (secondary N) is 1. The van der Waals surface area contributed by atoms with Gasteiger partial charge in [-0.15, -0.1) is 11.3 Å². The third-order valence-electron chi connectivity index (χ3n) is 6.27. The number of aromatic amines is 1.